The Hall–Kier alpha value is -1.27. The maximum absolute atomic E-state index is 12.6. The molecule has 0 N–H and O–H groups in total. The third kappa shape index (κ3) is 2.04. The Balaban J connectivity index is 1.78. The number of ether oxygens (including phenoxy) is 1. The van der Waals surface area contributed by atoms with E-state index in [1.807, 2.05) is 12.1 Å². The van der Waals surface area contributed by atoms with Crippen LogP contribution in [0.1, 0.15) is 26.2 Å². The first-order chi connectivity index (χ1) is 10.1. The molecule has 0 saturated carbocycles. The fourth-order valence-corrected chi connectivity index (χ4v) is 5.22. The molecule has 6 heteroatoms. The number of nitrogens with zero attached hydrogens (tertiary/aromatic N) is 2. The lowest BCUT2D eigenvalue weighted by atomic mass is 10.2. The van der Waals surface area contributed by atoms with Gasteiger partial charge < -0.3 is 9.64 Å². The first kappa shape index (κ1) is 13.4. The van der Waals surface area contributed by atoms with E-state index >= 15 is 0 Å². The number of hydrogen-bond donors (Lipinski definition) is 0. The molecular weight excluding hydrogens is 288 g/mol. The van der Waals surface area contributed by atoms with Gasteiger partial charge in [-0.15, -0.1) is 0 Å². The lowest BCUT2D eigenvalue weighted by Gasteiger charge is -2.25. The van der Waals surface area contributed by atoms with E-state index in [2.05, 4.69) is 11.8 Å². The van der Waals surface area contributed by atoms with Crippen molar-refractivity contribution >= 4 is 15.7 Å². The second-order valence-electron chi connectivity index (χ2n) is 6.21. The van der Waals surface area contributed by atoms with Crippen LogP contribution in [0.4, 0.5) is 5.69 Å². The summed E-state index contributed by atoms with van der Waals surface area (Å²) in [5, 5.41) is 0. The average Bonchev–Trinajstić information content (AvgIpc) is 3.05. The highest BCUT2D eigenvalue weighted by Gasteiger charge is 2.39. The number of anilines is 1. The van der Waals surface area contributed by atoms with E-state index in [-0.39, 0.29) is 6.10 Å². The maximum atomic E-state index is 12.6. The van der Waals surface area contributed by atoms with Gasteiger partial charge in [0.25, 0.3) is 0 Å². The van der Waals surface area contributed by atoms with Gasteiger partial charge in [-0.25, -0.2) is 8.42 Å². The number of fused-ring (bicyclic) bond motifs is 3. The first-order valence-electron chi connectivity index (χ1n) is 7.63. The number of sulfonamides is 1. The molecule has 1 aromatic rings. The molecule has 4 rings (SSSR count). The van der Waals surface area contributed by atoms with Crippen LogP contribution in [0.5, 0.6) is 5.75 Å². The molecule has 5 nitrogen and oxygen atoms in total. The SMILES string of the molecule is C[C@@H]1CCCN1c1ccc2c(c1)O[C@@H]1CCN(C1)S2(=O)=O. The Morgan fingerprint density at radius 3 is 2.86 bits per heavy atom. The monoisotopic (exact) mass is 308 g/mol. The van der Waals surface area contributed by atoms with E-state index in [0.717, 1.165) is 18.7 Å². The van der Waals surface area contributed by atoms with Gasteiger partial charge in [-0.3, -0.25) is 0 Å². The van der Waals surface area contributed by atoms with Gasteiger partial charge >= 0.3 is 0 Å². The van der Waals surface area contributed by atoms with Crippen LogP contribution in [-0.4, -0.2) is 44.5 Å². The molecule has 1 unspecified atom stereocenters. The Bertz CT molecular complexity index is 673. The molecule has 1 aromatic carbocycles. The molecule has 0 aromatic heterocycles. The summed E-state index contributed by atoms with van der Waals surface area (Å²) < 4.78 is 32.7. The van der Waals surface area contributed by atoms with Crippen LogP contribution in [0.25, 0.3) is 0 Å². The Morgan fingerprint density at radius 1 is 1.24 bits per heavy atom. The molecule has 2 bridgehead atoms. The van der Waals surface area contributed by atoms with E-state index in [1.54, 1.807) is 10.4 Å². The van der Waals surface area contributed by atoms with Crippen molar-refractivity contribution < 1.29 is 13.2 Å². The van der Waals surface area contributed by atoms with Gasteiger partial charge in [0.1, 0.15) is 16.7 Å². The third-order valence-electron chi connectivity index (χ3n) is 4.83. The number of rotatable bonds is 1. The van der Waals surface area contributed by atoms with Crippen molar-refractivity contribution in [3.8, 4) is 5.75 Å². The minimum atomic E-state index is -3.39. The van der Waals surface area contributed by atoms with Crippen LogP contribution in [0.15, 0.2) is 23.1 Å². The first-order valence-corrected chi connectivity index (χ1v) is 9.07. The van der Waals surface area contributed by atoms with Crippen LogP contribution < -0.4 is 9.64 Å². The zero-order chi connectivity index (χ0) is 14.6. The molecule has 3 atom stereocenters. The topological polar surface area (TPSA) is 49.9 Å². The smallest absolute Gasteiger partial charge is 0.246 e. The molecular formula is C15H20N2O3S. The molecule has 21 heavy (non-hydrogen) atoms. The molecule has 0 aliphatic carbocycles. The van der Waals surface area contributed by atoms with Gasteiger partial charge in [-0.05, 0) is 38.3 Å². The fraction of sp³-hybridized carbons (Fsp3) is 0.600. The van der Waals surface area contributed by atoms with Crippen molar-refractivity contribution in [2.24, 2.45) is 0 Å². The molecule has 0 spiro atoms. The predicted octanol–water partition coefficient (Wildman–Crippen LogP) is 1.83. The van der Waals surface area contributed by atoms with Gasteiger partial charge in [0.15, 0.2) is 0 Å². The minimum absolute atomic E-state index is 0.00715. The summed E-state index contributed by atoms with van der Waals surface area (Å²) in [6.45, 7) is 4.29. The van der Waals surface area contributed by atoms with Gasteiger partial charge in [-0.2, -0.15) is 4.31 Å². The summed E-state index contributed by atoms with van der Waals surface area (Å²) in [6, 6.07) is 6.05. The Kier molecular flexibility index (Phi) is 2.94. The molecule has 2 fully saturated rings. The van der Waals surface area contributed by atoms with Crippen LogP contribution in [0.2, 0.25) is 0 Å². The number of hydrogen-bond acceptors (Lipinski definition) is 4. The molecule has 3 aliphatic heterocycles. The summed E-state index contributed by atoms with van der Waals surface area (Å²) in [6.07, 6.45) is 3.15. The molecule has 3 heterocycles. The van der Waals surface area contributed by atoms with Crippen molar-refractivity contribution in [2.75, 3.05) is 24.5 Å². The Morgan fingerprint density at radius 2 is 2.10 bits per heavy atom. The van der Waals surface area contributed by atoms with Crippen molar-refractivity contribution in [1.82, 2.24) is 4.31 Å². The summed E-state index contributed by atoms with van der Waals surface area (Å²) in [5.41, 5.74) is 1.07. The van der Waals surface area contributed by atoms with E-state index in [9.17, 15) is 8.42 Å². The highest BCUT2D eigenvalue weighted by atomic mass is 32.2. The minimum Gasteiger partial charge on any atom is -0.487 e. The zero-order valence-electron chi connectivity index (χ0n) is 12.2. The van der Waals surface area contributed by atoms with Gasteiger partial charge in [0, 0.05) is 30.9 Å². The summed E-state index contributed by atoms with van der Waals surface area (Å²) in [5.74, 6) is 0.527. The lowest BCUT2D eigenvalue weighted by molar-refractivity contribution is 0.215. The van der Waals surface area contributed by atoms with Crippen molar-refractivity contribution in [3.63, 3.8) is 0 Å². The molecule has 3 aliphatic rings. The van der Waals surface area contributed by atoms with Crippen molar-refractivity contribution in [3.05, 3.63) is 18.2 Å². The maximum Gasteiger partial charge on any atom is 0.246 e. The second kappa shape index (κ2) is 4.61. The fourth-order valence-electron chi connectivity index (χ4n) is 3.63. The second-order valence-corrected chi connectivity index (χ2v) is 8.11. The van der Waals surface area contributed by atoms with Crippen LogP contribution in [-0.2, 0) is 10.0 Å². The van der Waals surface area contributed by atoms with Crippen molar-refractivity contribution in [1.29, 1.82) is 0 Å². The third-order valence-corrected chi connectivity index (χ3v) is 6.74. The highest BCUT2D eigenvalue weighted by molar-refractivity contribution is 7.89. The van der Waals surface area contributed by atoms with Gasteiger partial charge in [0.2, 0.25) is 10.0 Å². The van der Waals surface area contributed by atoms with Crippen LogP contribution >= 0.6 is 0 Å². The van der Waals surface area contributed by atoms with Crippen molar-refractivity contribution in [2.45, 2.75) is 43.2 Å². The quantitative estimate of drug-likeness (QED) is 0.794. The van der Waals surface area contributed by atoms with E-state index < -0.39 is 10.0 Å². The predicted molar refractivity (Wildman–Crippen MR) is 80.3 cm³/mol. The standard InChI is InChI=1S/C15H20N2O3S/c1-11-3-2-7-17(11)12-4-5-15-14(9-12)20-13-6-8-16(10-13)21(15,18)19/h4-5,9,11,13H,2-3,6-8,10H2,1H3/t11-,13-/m1/s1. The van der Waals surface area contributed by atoms with Gasteiger partial charge in [-0.1, -0.05) is 0 Å². The summed E-state index contributed by atoms with van der Waals surface area (Å²) in [4.78, 5) is 2.65. The molecule has 2 saturated heterocycles. The summed E-state index contributed by atoms with van der Waals surface area (Å²) in [7, 11) is -3.39. The zero-order valence-corrected chi connectivity index (χ0v) is 13.0. The molecule has 0 radical (unpaired) electrons. The molecule has 114 valence electrons. The Labute approximate surface area is 125 Å². The normalized spacial score (nSPS) is 33.4. The van der Waals surface area contributed by atoms with E-state index in [1.165, 1.54) is 12.8 Å². The van der Waals surface area contributed by atoms with Crippen LogP contribution in [0.3, 0.4) is 0 Å². The van der Waals surface area contributed by atoms with E-state index in [4.69, 9.17) is 4.74 Å². The average molecular weight is 308 g/mol. The number of benzene rings is 1. The van der Waals surface area contributed by atoms with E-state index in [0.29, 0.717) is 29.8 Å². The largest absolute Gasteiger partial charge is 0.487 e. The van der Waals surface area contributed by atoms with Gasteiger partial charge in [0.05, 0.1) is 6.54 Å². The van der Waals surface area contributed by atoms with Crippen LogP contribution in [0, 0.1) is 0 Å². The molecule has 0 amide bonds. The lowest BCUT2D eigenvalue weighted by Crippen LogP contribution is -2.28. The highest BCUT2D eigenvalue weighted by Crippen LogP contribution is 2.38. The summed E-state index contributed by atoms with van der Waals surface area (Å²) >= 11 is 0.